The van der Waals surface area contributed by atoms with Crippen molar-refractivity contribution in [1.29, 1.82) is 0 Å². The first-order valence-corrected chi connectivity index (χ1v) is 7.79. The van der Waals surface area contributed by atoms with Crippen LogP contribution in [0.25, 0.3) is 0 Å². The Morgan fingerprint density at radius 3 is 2.86 bits per heavy atom. The van der Waals surface area contributed by atoms with Gasteiger partial charge in [0, 0.05) is 16.2 Å². The van der Waals surface area contributed by atoms with Crippen LogP contribution in [0.5, 0.6) is 0 Å². The van der Waals surface area contributed by atoms with E-state index in [1.54, 1.807) is 10.9 Å². The van der Waals surface area contributed by atoms with Crippen molar-refractivity contribution in [2.45, 2.75) is 33.0 Å². The van der Waals surface area contributed by atoms with Gasteiger partial charge in [-0.1, -0.05) is 31.2 Å². The second-order valence-electron chi connectivity index (χ2n) is 4.97. The van der Waals surface area contributed by atoms with Gasteiger partial charge < -0.3 is 10.6 Å². The molecule has 0 atom stereocenters. The highest BCUT2D eigenvalue weighted by Crippen LogP contribution is 2.16. The monoisotopic (exact) mass is 399 g/mol. The minimum absolute atomic E-state index is 0.118. The van der Waals surface area contributed by atoms with Crippen molar-refractivity contribution in [2.75, 3.05) is 5.32 Å². The van der Waals surface area contributed by atoms with Crippen molar-refractivity contribution in [3.8, 4) is 0 Å². The van der Waals surface area contributed by atoms with Crippen molar-refractivity contribution in [3.05, 3.63) is 39.7 Å². The molecule has 0 fully saturated rings. The lowest BCUT2D eigenvalue weighted by molar-refractivity contribution is -0.116. The van der Waals surface area contributed by atoms with Gasteiger partial charge in [-0.25, -0.2) is 4.68 Å². The van der Waals surface area contributed by atoms with Crippen molar-refractivity contribution in [3.63, 3.8) is 0 Å². The van der Waals surface area contributed by atoms with Crippen LogP contribution in [0.3, 0.4) is 0 Å². The van der Waals surface area contributed by atoms with Gasteiger partial charge in [-0.3, -0.25) is 4.79 Å². The number of carbonyl (C=O) groups excluding carboxylic acids is 1. The smallest absolute Gasteiger partial charge is 0.246 e. The van der Waals surface area contributed by atoms with E-state index < -0.39 is 0 Å². The number of nitrogens with one attached hydrogen (secondary N) is 2. The number of carbonyl (C=O) groups is 1. The van der Waals surface area contributed by atoms with E-state index in [-0.39, 0.29) is 12.5 Å². The number of aromatic nitrogens is 3. The van der Waals surface area contributed by atoms with Crippen molar-refractivity contribution < 1.29 is 4.79 Å². The van der Waals surface area contributed by atoms with Gasteiger partial charge in [-0.2, -0.15) is 0 Å². The lowest BCUT2D eigenvalue weighted by Crippen LogP contribution is -2.22. The van der Waals surface area contributed by atoms with Crippen LogP contribution in [0, 0.1) is 3.57 Å². The van der Waals surface area contributed by atoms with E-state index in [2.05, 4.69) is 57.4 Å². The Balaban J connectivity index is 1.90. The van der Waals surface area contributed by atoms with Crippen LogP contribution in [-0.4, -0.2) is 26.9 Å². The summed E-state index contributed by atoms with van der Waals surface area (Å²) < 4.78 is 2.55. The largest absolute Gasteiger partial charge is 0.324 e. The molecular weight excluding hydrogens is 381 g/mol. The number of anilines is 1. The summed E-state index contributed by atoms with van der Waals surface area (Å²) in [5.74, 6) is -0.118. The zero-order valence-electron chi connectivity index (χ0n) is 12.0. The Labute approximate surface area is 137 Å². The van der Waals surface area contributed by atoms with Crippen LogP contribution in [0.4, 0.5) is 5.69 Å². The molecule has 1 amide bonds. The molecule has 0 aliphatic heterocycles. The fraction of sp³-hybridized carbons (Fsp3) is 0.357. The zero-order valence-corrected chi connectivity index (χ0v) is 14.2. The lowest BCUT2D eigenvalue weighted by atomic mass is 10.3. The van der Waals surface area contributed by atoms with E-state index in [9.17, 15) is 4.79 Å². The number of para-hydroxylation sites is 1. The predicted octanol–water partition coefficient (Wildman–Crippen LogP) is 2.02. The third-order valence-corrected chi connectivity index (χ3v) is 3.67. The van der Waals surface area contributed by atoms with Gasteiger partial charge in [0.05, 0.1) is 17.6 Å². The van der Waals surface area contributed by atoms with E-state index in [0.717, 1.165) is 15.0 Å². The van der Waals surface area contributed by atoms with E-state index in [1.807, 2.05) is 24.3 Å². The van der Waals surface area contributed by atoms with Crippen molar-refractivity contribution in [2.24, 2.45) is 0 Å². The predicted molar refractivity (Wildman–Crippen MR) is 89.8 cm³/mol. The maximum atomic E-state index is 12.0. The van der Waals surface area contributed by atoms with Gasteiger partial charge in [0.2, 0.25) is 5.91 Å². The molecule has 6 nitrogen and oxygen atoms in total. The normalized spacial score (nSPS) is 10.9. The van der Waals surface area contributed by atoms with E-state index in [1.165, 1.54) is 0 Å². The molecule has 0 saturated heterocycles. The van der Waals surface area contributed by atoms with Crippen LogP contribution in [-0.2, 0) is 17.9 Å². The van der Waals surface area contributed by atoms with Gasteiger partial charge in [0.1, 0.15) is 6.54 Å². The second-order valence-corrected chi connectivity index (χ2v) is 6.13. The standard InChI is InChI=1S/C14H18IN5O/c1-10(2)16-7-11-8-20(19-18-11)9-14(21)17-13-6-4-3-5-12(13)15/h3-6,8,10,16H,7,9H2,1-2H3,(H,17,21). The van der Waals surface area contributed by atoms with Crippen LogP contribution < -0.4 is 10.6 Å². The molecule has 0 aliphatic carbocycles. The summed E-state index contributed by atoms with van der Waals surface area (Å²) in [6.45, 7) is 4.94. The summed E-state index contributed by atoms with van der Waals surface area (Å²) in [6, 6.07) is 8.03. The molecule has 0 aliphatic rings. The number of hydrogen-bond donors (Lipinski definition) is 2. The average Bonchev–Trinajstić information content (AvgIpc) is 2.86. The molecular formula is C14H18IN5O. The highest BCUT2D eigenvalue weighted by atomic mass is 127. The van der Waals surface area contributed by atoms with Gasteiger partial charge in [0.25, 0.3) is 0 Å². The van der Waals surface area contributed by atoms with Crippen LogP contribution in [0.1, 0.15) is 19.5 Å². The molecule has 21 heavy (non-hydrogen) atoms. The fourth-order valence-electron chi connectivity index (χ4n) is 1.70. The number of benzene rings is 1. The minimum atomic E-state index is -0.118. The molecule has 0 radical (unpaired) electrons. The summed E-state index contributed by atoms with van der Waals surface area (Å²) >= 11 is 2.19. The minimum Gasteiger partial charge on any atom is -0.324 e. The number of halogens is 1. The molecule has 0 saturated carbocycles. The topological polar surface area (TPSA) is 71.8 Å². The Bertz CT molecular complexity index is 611. The van der Waals surface area contributed by atoms with Crippen molar-refractivity contribution in [1.82, 2.24) is 20.3 Å². The Hall–Kier alpha value is -1.48. The van der Waals surface area contributed by atoms with Crippen LogP contribution in [0.15, 0.2) is 30.5 Å². The van der Waals surface area contributed by atoms with E-state index in [4.69, 9.17) is 0 Å². The number of amides is 1. The Morgan fingerprint density at radius 1 is 1.38 bits per heavy atom. The summed E-state index contributed by atoms with van der Waals surface area (Å²) in [5.41, 5.74) is 1.63. The van der Waals surface area contributed by atoms with Gasteiger partial charge in [0.15, 0.2) is 0 Å². The van der Waals surface area contributed by atoms with Gasteiger partial charge >= 0.3 is 0 Å². The van der Waals surface area contributed by atoms with Gasteiger partial charge in [-0.15, -0.1) is 5.10 Å². The quantitative estimate of drug-likeness (QED) is 0.730. The molecule has 2 aromatic rings. The Kier molecular flexibility index (Phi) is 5.68. The van der Waals surface area contributed by atoms with E-state index >= 15 is 0 Å². The number of nitrogens with zero attached hydrogens (tertiary/aromatic N) is 3. The Morgan fingerprint density at radius 2 is 2.14 bits per heavy atom. The molecule has 1 aromatic carbocycles. The molecule has 1 heterocycles. The second kappa shape index (κ2) is 7.51. The van der Waals surface area contributed by atoms with Crippen LogP contribution >= 0.6 is 22.6 Å². The third-order valence-electron chi connectivity index (χ3n) is 2.73. The molecule has 0 unspecified atom stereocenters. The molecule has 112 valence electrons. The maximum Gasteiger partial charge on any atom is 0.246 e. The summed E-state index contributed by atoms with van der Waals surface area (Å²) in [5, 5.41) is 14.1. The molecule has 1 aromatic heterocycles. The lowest BCUT2D eigenvalue weighted by Gasteiger charge is -2.06. The first kappa shape index (κ1) is 15.9. The third kappa shape index (κ3) is 5.09. The number of hydrogen-bond acceptors (Lipinski definition) is 4. The molecule has 0 spiro atoms. The van der Waals surface area contributed by atoms with Crippen LogP contribution in [0.2, 0.25) is 0 Å². The average molecular weight is 399 g/mol. The zero-order chi connectivity index (χ0) is 15.2. The highest BCUT2D eigenvalue weighted by Gasteiger charge is 2.08. The summed E-state index contributed by atoms with van der Waals surface area (Å²) in [4.78, 5) is 12.0. The first-order valence-electron chi connectivity index (χ1n) is 6.71. The molecule has 0 bridgehead atoms. The first-order chi connectivity index (χ1) is 10.0. The summed E-state index contributed by atoms with van der Waals surface area (Å²) in [6.07, 6.45) is 1.78. The fourth-order valence-corrected chi connectivity index (χ4v) is 2.23. The molecule has 2 rings (SSSR count). The van der Waals surface area contributed by atoms with Crippen molar-refractivity contribution >= 4 is 34.2 Å². The van der Waals surface area contributed by atoms with Gasteiger partial charge in [-0.05, 0) is 34.7 Å². The highest BCUT2D eigenvalue weighted by molar-refractivity contribution is 14.1. The molecule has 2 N–H and O–H groups in total. The number of rotatable bonds is 6. The maximum absolute atomic E-state index is 12.0. The molecule has 7 heteroatoms. The van der Waals surface area contributed by atoms with E-state index in [0.29, 0.717) is 12.6 Å². The summed E-state index contributed by atoms with van der Waals surface area (Å²) in [7, 11) is 0. The SMILES string of the molecule is CC(C)NCc1cn(CC(=O)Nc2ccccc2I)nn1.